The number of amides is 3. The van der Waals surface area contributed by atoms with E-state index < -0.39 is 17.4 Å². The van der Waals surface area contributed by atoms with Crippen LogP contribution in [0.3, 0.4) is 0 Å². The minimum Gasteiger partial charge on any atom is -0.481 e. The van der Waals surface area contributed by atoms with E-state index in [0.717, 1.165) is 19.3 Å². The lowest BCUT2D eigenvalue weighted by atomic mass is 9.83. The molecule has 7 heteroatoms. The van der Waals surface area contributed by atoms with Crippen LogP contribution in [0.1, 0.15) is 39.0 Å². The Morgan fingerprint density at radius 2 is 2.05 bits per heavy atom. The van der Waals surface area contributed by atoms with Gasteiger partial charge in [0.2, 0.25) is 5.91 Å². The number of aliphatic carboxylic acids is 1. The zero-order valence-electron chi connectivity index (χ0n) is 12.4. The highest BCUT2D eigenvalue weighted by atomic mass is 16.4. The summed E-state index contributed by atoms with van der Waals surface area (Å²) in [6.45, 7) is 2.97. The average molecular weight is 297 g/mol. The number of rotatable bonds is 6. The first-order valence-electron chi connectivity index (χ1n) is 7.51. The number of likely N-dealkylation sites (tertiary alicyclic amines) is 1. The topological polar surface area (TPSA) is 98.7 Å². The quantitative estimate of drug-likeness (QED) is 0.665. The van der Waals surface area contributed by atoms with Crippen molar-refractivity contribution in [3.63, 3.8) is 0 Å². The third kappa shape index (κ3) is 4.17. The van der Waals surface area contributed by atoms with E-state index >= 15 is 0 Å². The Hall–Kier alpha value is -1.63. The fourth-order valence-electron chi connectivity index (χ4n) is 2.88. The number of nitrogens with one attached hydrogen (secondary N) is 2. The number of carboxylic acid groups (broad SMARTS) is 1. The summed E-state index contributed by atoms with van der Waals surface area (Å²) in [7, 11) is 0. The highest BCUT2D eigenvalue weighted by Gasteiger charge is 2.44. The number of hydrogen-bond donors (Lipinski definition) is 3. The number of urea groups is 1. The van der Waals surface area contributed by atoms with Crippen molar-refractivity contribution in [3.8, 4) is 0 Å². The molecule has 1 heterocycles. The van der Waals surface area contributed by atoms with Crippen LogP contribution in [-0.2, 0) is 9.59 Å². The van der Waals surface area contributed by atoms with Gasteiger partial charge in [0.25, 0.3) is 0 Å². The van der Waals surface area contributed by atoms with Crippen LogP contribution in [0, 0.1) is 5.41 Å². The summed E-state index contributed by atoms with van der Waals surface area (Å²) in [5, 5.41) is 14.4. The molecule has 0 aromatic rings. The maximum atomic E-state index is 11.8. The van der Waals surface area contributed by atoms with Gasteiger partial charge in [0.05, 0.1) is 12.0 Å². The first-order valence-corrected chi connectivity index (χ1v) is 7.51. The van der Waals surface area contributed by atoms with Crippen molar-refractivity contribution < 1.29 is 19.5 Å². The molecule has 0 aromatic carbocycles. The highest BCUT2D eigenvalue weighted by Crippen LogP contribution is 2.35. The molecule has 1 saturated carbocycles. The number of nitrogens with zero attached hydrogens (tertiary/aromatic N) is 1. The normalized spacial score (nSPS) is 25.6. The Balaban J connectivity index is 1.79. The number of imide groups is 1. The SMILES string of the molecule is CCCC1(C(=O)O)CCN(CC(=O)NC(=O)NC2CC2)C1. The van der Waals surface area contributed by atoms with Crippen LogP contribution < -0.4 is 10.6 Å². The first-order chi connectivity index (χ1) is 9.95. The summed E-state index contributed by atoms with van der Waals surface area (Å²) >= 11 is 0. The third-order valence-electron chi connectivity index (χ3n) is 4.15. The van der Waals surface area contributed by atoms with Crippen molar-refractivity contribution in [1.82, 2.24) is 15.5 Å². The molecule has 7 nitrogen and oxygen atoms in total. The van der Waals surface area contributed by atoms with Crippen molar-refractivity contribution in [2.75, 3.05) is 19.6 Å². The molecule has 1 atom stereocenters. The largest absolute Gasteiger partial charge is 0.481 e. The Morgan fingerprint density at radius 3 is 2.62 bits per heavy atom. The van der Waals surface area contributed by atoms with Gasteiger partial charge in [0.1, 0.15) is 0 Å². The average Bonchev–Trinajstić information content (AvgIpc) is 3.10. The van der Waals surface area contributed by atoms with Gasteiger partial charge in [0.15, 0.2) is 0 Å². The molecule has 2 aliphatic rings. The van der Waals surface area contributed by atoms with Gasteiger partial charge >= 0.3 is 12.0 Å². The minimum absolute atomic E-state index is 0.0663. The summed E-state index contributed by atoms with van der Waals surface area (Å²) in [5.41, 5.74) is -0.745. The summed E-state index contributed by atoms with van der Waals surface area (Å²) in [6, 6.07) is -0.256. The molecule has 3 N–H and O–H groups in total. The molecule has 118 valence electrons. The van der Waals surface area contributed by atoms with E-state index in [1.54, 1.807) is 0 Å². The van der Waals surface area contributed by atoms with Crippen molar-refractivity contribution >= 4 is 17.9 Å². The van der Waals surface area contributed by atoms with Crippen molar-refractivity contribution in [2.45, 2.75) is 45.1 Å². The fourth-order valence-corrected chi connectivity index (χ4v) is 2.88. The van der Waals surface area contributed by atoms with Crippen molar-refractivity contribution in [2.24, 2.45) is 5.41 Å². The van der Waals surface area contributed by atoms with E-state index in [9.17, 15) is 19.5 Å². The summed E-state index contributed by atoms with van der Waals surface area (Å²) in [5.74, 6) is -1.18. The number of carbonyl (C=O) groups is 3. The Kier molecular flexibility index (Phi) is 4.82. The second-order valence-electron chi connectivity index (χ2n) is 6.09. The molecular weight excluding hydrogens is 274 g/mol. The standard InChI is InChI=1S/C14H23N3O4/c1-2-5-14(12(19)20)6-7-17(9-14)8-11(18)16-13(21)15-10-3-4-10/h10H,2-9H2,1H3,(H,19,20)(H2,15,16,18,21). The molecule has 0 bridgehead atoms. The Labute approximate surface area is 124 Å². The fraction of sp³-hybridized carbons (Fsp3) is 0.786. The highest BCUT2D eigenvalue weighted by molar-refractivity contribution is 5.95. The van der Waals surface area contributed by atoms with Crippen molar-refractivity contribution in [1.29, 1.82) is 0 Å². The Bertz CT molecular complexity index is 436. The van der Waals surface area contributed by atoms with Crippen LogP contribution in [0.15, 0.2) is 0 Å². The van der Waals surface area contributed by atoms with Crippen molar-refractivity contribution in [3.05, 3.63) is 0 Å². The third-order valence-corrected chi connectivity index (χ3v) is 4.15. The second kappa shape index (κ2) is 6.43. The van der Waals surface area contributed by atoms with Gasteiger partial charge < -0.3 is 10.4 Å². The zero-order valence-corrected chi connectivity index (χ0v) is 12.4. The predicted octanol–water partition coefficient (Wildman–Crippen LogP) is 0.551. The van der Waals surface area contributed by atoms with Crippen LogP contribution >= 0.6 is 0 Å². The van der Waals surface area contributed by atoms with Crippen LogP contribution in [0.5, 0.6) is 0 Å². The van der Waals surface area contributed by atoms with E-state index in [4.69, 9.17) is 0 Å². The smallest absolute Gasteiger partial charge is 0.321 e. The number of carboxylic acids is 1. The number of hydrogen-bond acceptors (Lipinski definition) is 4. The van der Waals surface area contributed by atoms with Crippen LogP contribution in [0.4, 0.5) is 4.79 Å². The maximum absolute atomic E-state index is 11.8. The lowest BCUT2D eigenvalue weighted by Gasteiger charge is -2.24. The summed E-state index contributed by atoms with van der Waals surface area (Å²) in [6.07, 6.45) is 3.90. The maximum Gasteiger partial charge on any atom is 0.321 e. The lowest BCUT2D eigenvalue weighted by Crippen LogP contribution is -2.45. The predicted molar refractivity (Wildman–Crippen MR) is 75.7 cm³/mol. The van der Waals surface area contributed by atoms with Gasteiger partial charge in [-0.25, -0.2) is 4.79 Å². The number of carbonyl (C=O) groups excluding carboxylic acids is 2. The molecule has 2 fully saturated rings. The summed E-state index contributed by atoms with van der Waals surface area (Å²) in [4.78, 5) is 36.5. The second-order valence-corrected chi connectivity index (χ2v) is 6.09. The van der Waals surface area contributed by atoms with Crippen LogP contribution in [0.25, 0.3) is 0 Å². The monoisotopic (exact) mass is 297 g/mol. The molecule has 1 aliphatic heterocycles. The molecule has 2 rings (SSSR count). The van der Waals surface area contributed by atoms with E-state index in [2.05, 4.69) is 10.6 Å². The van der Waals surface area contributed by atoms with E-state index in [0.29, 0.717) is 25.9 Å². The van der Waals surface area contributed by atoms with Gasteiger partial charge in [-0.3, -0.25) is 19.8 Å². The molecule has 1 aliphatic carbocycles. The molecule has 0 aromatic heterocycles. The minimum atomic E-state index is -0.793. The van der Waals surface area contributed by atoms with E-state index in [-0.39, 0.29) is 18.5 Å². The van der Waals surface area contributed by atoms with Crippen LogP contribution in [0.2, 0.25) is 0 Å². The molecule has 0 spiro atoms. The van der Waals surface area contributed by atoms with Gasteiger partial charge in [-0.1, -0.05) is 13.3 Å². The molecule has 21 heavy (non-hydrogen) atoms. The molecule has 0 radical (unpaired) electrons. The van der Waals surface area contributed by atoms with Crippen LogP contribution in [-0.4, -0.2) is 53.6 Å². The molecule has 1 saturated heterocycles. The molecular formula is C14H23N3O4. The van der Waals surface area contributed by atoms with Gasteiger partial charge in [-0.15, -0.1) is 0 Å². The lowest BCUT2D eigenvalue weighted by molar-refractivity contribution is -0.148. The van der Waals surface area contributed by atoms with E-state index in [1.807, 2.05) is 11.8 Å². The van der Waals surface area contributed by atoms with E-state index in [1.165, 1.54) is 0 Å². The van der Waals surface area contributed by atoms with Gasteiger partial charge in [-0.05, 0) is 32.2 Å². The van der Waals surface area contributed by atoms with Gasteiger partial charge in [-0.2, -0.15) is 0 Å². The zero-order chi connectivity index (χ0) is 15.5. The first kappa shape index (κ1) is 15.8. The summed E-state index contributed by atoms with van der Waals surface area (Å²) < 4.78 is 0. The van der Waals surface area contributed by atoms with Gasteiger partial charge in [0, 0.05) is 12.6 Å². The molecule has 1 unspecified atom stereocenters. The Morgan fingerprint density at radius 1 is 1.33 bits per heavy atom. The molecule has 3 amide bonds.